The lowest BCUT2D eigenvalue weighted by molar-refractivity contribution is -0.107. The Balaban J connectivity index is 1.50. The quantitative estimate of drug-likeness (QED) is 0.851. The number of hydrogen-bond acceptors (Lipinski definition) is 6. The molecule has 2 aromatic rings. The molecule has 2 aromatic carbocycles. The van der Waals surface area contributed by atoms with Crippen LogP contribution in [0.15, 0.2) is 60.7 Å². The van der Waals surface area contributed by atoms with Gasteiger partial charge in [-0.15, -0.1) is 0 Å². The van der Waals surface area contributed by atoms with Crippen LogP contribution in [0.4, 0.5) is 0 Å². The average Bonchev–Trinajstić information content (AvgIpc) is 3.36. The van der Waals surface area contributed by atoms with Gasteiger partial charge >= 0.3 is 0 Å². The molecule has 0 bridgehead atoms. The van der Waals surface area contributed by atoms with Crippen molar-refractivity contribution in [3.05, 3.63) is 71.8 Å². The first kappa shape index (κ1) is 17.6. The molecule has 0 aliphatic carbocycles. The minimum atomic E-state index is -1.06. The Bertz CT molecular complexity index is 694. The molecule has 2 N–H and O–H groups in total. The minimum absolute atomic E-state index is 0.323. The van der Waals surface area contributed by atoms with Crippen LogP contribution in [0.1, 0.15) is 23.7 Å². The fourth-order valence-electron chi connectivity index (χ4n) is 3.33. The standard InChI is InChI=1S/C20H22O6/c21-11-15(22)17-18(26-20(25-17)14-9-5-2-6-10-14)16-12-23-19(24-16)13-7-3-1-4-8-13/h1-10,15-22H,11-12H2/t15-,16+,17-,18-,19?,20?/m0/s1. The van der Waals surface area contributed by atoms with E-state index in [1.54, 1.807) is 0 Å². The molecule has 26 heavy (non-hydrogen) atoms. The van der Waals surface area contributed by atoms with E-state index in [4.69, 9.17) is 18.9 Å². The molecule has 2 aliphatic heterocycles. The lowest BCUT2D eigenvalue weighted by Crippen LogP contribution is -2.44. The van der Waals surface area contributed by atoms with Gasteiger partial charge in [0.25, 0.3) is 0 Å². The second-order valence-electron chi connectivity index (χ2n) is 6.44. The first-order valence-corrected chi connectivity index (χ1v) is 8.73. The van der Waals surface area contributed by atoms with Gasteiger partial charge in [0.2, 0.25) is 0 Å². The number of ether oxygens (including phenoxy) is 4. The van der Waals surface area contributed by atoms with Gasteiger partial charge in [-0.25, -0.2) is 0 Å². The van der Waals surface area contributed by atoms with E-state index in [2.05, 4.69) is 0 Å². The Labute approximate surface area is 151 Å². The second-order valence-corrected chi connectivity index (χ2v) is 6.44. The third-order valence-electron chi connectivity index (χ3n) is 4.67. The number of aliphatic hydroxyl groups excluding tert-OH is 2. The second kappa shape index (κ2) is 7.84. The van der Waals surface area contributed by atoms with Crippen molar-refractivity contribution in [1.29, 1.82) is 0 Å². The van der Waals surface area contributed by atoms with Crippen molar-refractivity contribution in [2.24, 2.45) is 0 Å². The van der Waals surface area contributed by atoms with Crippen LogP contribution in [0.2, 0.25) is 0 Å². The summed E-state index contributed by atoms with van der Waals surface area (Å²) in [6.45, 7) is -0.0918. The molecular weight excluding hydrogens is 336 g/mol. The molecule has 0 saturated carbocycles. The third kappa shape index (κ3) is 3.53. The predicted octanol–water partition coefficient (Wildman–Crippen LogP) is 1.94. The van der Waals surface area contributed by atoms with E-state index in [1.807, 2.05) is 60.7 Å². The molecule has 0 radical (unpaired) electrons. The molecule has 0 aromatic heterocycles. The number of hydrogen-bond donors (Lipinski definition) is 2. The maximum absolute atomic E-state index is 10.2. The summed E-state index contributed by atoms with van der Waals surface area (Å²) in [5, 5.41) is 19.6. The van der Waals surface area contributed by atoms with Gasteiger partial charge in [-0.2, -0.15) is 0 Å². The molecule has 2 heterocycles. The van der Waals surface area contributed by atoms with Crippen LogP contribution in [0.25, 0.3) is 0 Å². The van der Waals surface area contributed by atoms with Crippen molar-refractivity contribution in [3.63, 3.8) is 0 Å². The summed E-state index contributed by atoms with van der Waals surface area (Å²) in [6.07, 6.45) is -3.81. The van der Waals surface area contributed by atoms with E-state index in [-0.39, 0.29) is 0 Å². The molecule has 2 aliphatic rings. The van der Waals surface area contributed by atoms with Crippen LogP contribution in [0.5, 0.6) is 0 Å². The zero-order valence-corrected chi connectivity index (χ0v) is 14.2. The van der Waals surface area contributed by atoms with E-state index < -0.39 is 43.6 Å². The zero-order valence-electron chi connectivity index (χ0n) is 14.2. The number of rotatable bonds is 5. The molecule has 138 valence electrons. The maximum Gasteiger partial charge on any atom is 0.184 e. The molecule has 6 nitrogen and oxygen atoms in total. The van der Waals surface area contributed by atoms with Gasteiger partial charge in [0.15, 0.2) is 12.6 Å². The smallest absolute Gasteiger partial charge is 0.184 e. The van der Waals surface area contributed by atoms with Gasteiger partial charge in [0, 0.05) is 11.1 Å². The molecule has 0 spiro atoms. The Morgan fingerprint density at radius 1 is 0.846 bits per heavy atom. The van der Waals surface area contributed by atoms with E-state index >= 15 is 0 Å². The van der Waals surface area contributed by atoms with Crippen molar-refractivity contribution >= 4 is 0 Å². The topological polar surface area (TPSA) is 77.4 Å². The highest BCUT2D eigenvalue weighted by molar-refractivity contribution is 5.18. The highest BCUT2D eigenvalue weighted by atomic mass is 16.8. The van der Waals surface area contributed by atoms with Crippen molar-refractivity contribution in [1.82, 2.24) is 0 Å². The monoisotopic (exact) mass is 358 g/mol. The van der Waals surface area contributed by atoms with Gasteiger partial charge in [0.1, 0.15) is 24.4 Å². The van der Waals surface area contributed by atoms with Crippen LogP contribution in [-0.2, 0) is 18.9 Å². The summed E-state index contributed by atoms with van der Waals surface area (Å²) in [5.41, 5.74) is 1.77. The van der Waals surface area contributed by atoms with Gasteiger partial charge in [-0.05, 0) is 0 Å². The van der Waals surface area contributed by atoms with Crippen LogP contribution in [-0.4, -0.2) is 47.8 Å². The SMILES string of the molecule is OC[C@H](O)[C@@H]1OC(c2ccccc2)O[C@H]1[C@H]1COC(c2ccccc2)O1. The molecule has 4 rings (SSSR count). The fourth-order valence-corrected chi connectivity index (χ4v) is 3.33. The lowest BCUT2D eigenvalue weighted by atomic mass is 10.0. The molecule has 2 unspecified atom stereocenters. The van der Waals surface area contributed by atoms with Crippen LogP contribution in [0, 0.1) is 0 Å². The summed E-state index contributed by atoms with van der Waals surface area (Å²) in [5.74, 6) is 0. The van der Waals surface area contributed by atoms with E-state index in [1.165, 1.54) is 0 Å². The predicted molar refractivity (Wildman–Crippen MR) is 92.0 cm³/mol. The first-order chi connectivity index (χ1) is 12.8. The van der Waals surface area contributed by atoms with Gasteiger partial charge in [-0.1, -0.05) is 60.7 Å². The van der Waals surface area contributed by atoms with Crippen molar-refractivity contribution in [2.75, 3.05) is 13.2 Å². The van der Waals surface area contributed by atoms with E-state index in [0.29, 0.717) is 6.61 Å². The summed E-state index contributed by atoms with van der Waals surface area (Å²) in [6, 6.07) is 19.2. The molecule has 2 fully saturated rings. The summed E-state index contributed by atoms with van der Waals surface area (Å²) in [7, 11) is 0. The van der Waals surface area contributed by atoms with Crippen LogP contribution in [0.3, 0.4) is 0 Å². The first-order valence-electron chi connectivity index (χ1n) is 8.73. The lowest BCUT2D eigenvalue weighted by Gasteiger charge is -2.24. The van der Waals surface area contributed by atoms with Gasteiger partial charge in [0.05, 0.1) is 13.2 Å². The molecule has 6 heteroatoms. The van der Waals surface area contributed by atoms with Crippen molar-refractivity contribution < 1.29 is 29.2 Å². The normalized spacial score (nSPS) is 32.6. The Morgan fingerprint density at radius 2 is 1.46 bits per heavy atom. The van der Waals surface area contributed by atoms with Crippen molar-refractivity contribution in [3.8, 4) is 0 Å². The van der Waals surface area contributed by atoms with Gasteiger partial charge in [-0.3, -0.25) is 0 Å². The third-order valence-corrected chi connectivity index (χ3v) is 4.67. The fraction of sp³-hybridized carbons (Fsp3) is 0.400. The highest BCUT2D eigenvalue weighted by Gasteiger charge is 2.48. The molecular formula is C20H22O6. The average molecular weight is 358 g/mol. The Hall–Kier alpha value is -1.80. The van der Waals surface area contributed by atoms with Crippen molar-refractivity contribution in [2.45, 2.75) is 37.0 Å². The van der Waals surface area contributed by atoms with Crippen LogP contribution >= 0.6 is 0 Å². The maximum atomic E-state index is 10.2. The van der Waals surface area contributed by atoms with E-state index in [9.17, 15) is 10.2 Å². The van der Waals surface area contributed by atoms with Gasteiger partial charge < -0.3 is 29.2 Å². The van der Waals surface area contributed by atoms with E-state index in [0.717, 1.165) is 11.1 Å². The minimum Gasteiger partial charge on any atom is -0.394 e. The Morgan fingerprint density at radius 3 is 2.08 bits per heavy atom. The highest BCUT2D eigenvalue weighted by Crippen LogP contribution is 2.38. The van der Waals surface area contributed by atoms with Crippen LogP contribution < -0.4 is 0 Å². The summed E-state index contributed by atoms with van der Waals surface area (Å²) < 4.78 is 23.7. The molecule has 6 atom stereocenters. The largest absolute Gasteiger partial charge is 0.394 e. The summed E-state index contributed by atoms with van der Waals surface area (Å²) >= 11 is 0. The Kier molecular flexibility index (Phi) is 5.31. The molecule has 0 amide bonds. The number of aliphatic hydroxyl groups is 2. The molecule has 2 saturated heterocycles. The number of benzene rings is 2. The summed E-state index contributed by atoms with van der Waals surface area (Å²) in [4.78, 5) is 0. The zero-order chi connectivity index (χ0) is 17.9.